The van der Waals surface area contributed by atoms with E-state index in [1.807, 2.05) is 0 Å². The zero-order chi connectivity index (χ0) is 14.1. The van der Waals surface area contributed by atoms with Gasteiger partial charge >= 0.3 is 0 Å². The Morgan fingerprint density at radius 3 is 2.85 bits per heavy atom. The van der Waals surface area contributed by atoms with Gasteiger partial charge in [-0.25, -0.2) is 4.39 Å². The van der Waals surface area contributed by atoms with E-state index in [2.05, 4.69) is 0 Å². The number of rotatable bonds is 2. The van der Waals surface area contributed by atoms with Crippen LogP contribution in [0.3, 0.4) is 0 Å². The molecule has 6 heteroatoms. The van der Waals surface area contributed by atoms with Crippen molar-refractivity contribution in [3.8, 4) is 0 Å². The Balaban J connectivity index is 1.95. The Hall–Kier alpha value is -1.92. The molecule has 20 heavy (non-hydrogen) atoms. The van der Waals surface area contributed by atoms with E-state index in [1.165, 1.54) is 35.1 Å². The van der Waals surface area contributed by atoms with Crippen LogP contribution in [0.5, 0.6) is 0 Å². The lowest BCUT2D eigenvalue weighted by molar-refractivity contribution is -0.113. The Labute approximate surface area is 124 Å². The molecule has 3 rings (SSSR count). The molecule has 2 heterocycles. The summed E-state index contributed by atoms with van der Waals surface area (Å²) in [6.07, 6.45) is 3.15. The second-order valence-corrected chi connectivity index (χ2v) is 5.69. The van der Waals surface area contributed by atoms with Crippen molar-refractivity contribution in [2.45, 2.75) is 0 Å². The van der Waals surface area contributed by atoms with Crippen molar-refractivity contribution in [2.75, 3.05) is 4.90 Å². The molecule has 100 valence electrons. The number of carbonyl (C=O) groups is 1. The molecular weight excluding hydrogens is 297 g/mol. The van der Waals surface area contributed by atoms with Crippen LogP contribution in [0.15, 0.2) is 52.0 Å². The van der Waals surface area contributed by atoms with Gasteiger partial charge in [-0.1, -0.05) is 30.0 Å². The summed E-state index contributed by atoms with van der Waals surface area (Å²) < 4.78 is 18.8. The van der Waals surface area contributed by atoms with Gasteiger partial charge in [0.1, 0.15) is 11.6 Å². The van der Waals surface area contributed by atoms with E-state index in [0.717, 1.165) is 0 Å². The number of amides is 1. The topological polar surface area (TPSA) is 33.5 Å². The number of hydrogen-bond donors (Lipinski definition) is 0. The predicted octanol–water partition coefficient (Wildman–Crippen LogP) is 3.82. The van der Waals surface area contributed by atoms with Crippen LogP contribution < -0.4 is 4.90 Å². The van der Waals surface area contributed by atoms with Crippen molar-refractivity contribution >= 4 is 46.0 Å². The number of hydrogen-bond acceptors (Lipinski definition) is 4. The third-order valence-corrected chi connectivity index (χ3v) is 3.98. The van der Waals surface area contributed by atoms with Gasteiger partial charge < -0.3 is 4.42 Å². The van der Waals surface area contributed by atoms with E-state index in [0.29, 0.717) is 20.7 Å². The zero-order valence-corrected chi connectivity index (χ0v) is 11.7. The molecule has 2 aromatic rings. The molecular formula is C14H8FNO2S2. The van der Waals surface area contributed by atoms with Crippen molar-refractivity contribution in [2.24, 2.45) is 0 Å². The normalized spacial score (nSPS) is 17.2. The summed E-state index contributed by atoms with van der Waals surface area (Å²) in [5.74, 6) is -0.113. The van der Waals surface area contributed by atoms with E-state index < -0.39 is 5.82 Å². The summed E-state index contributed by atoms with van der Waals surface area (Å²) in [6.45, 7) is 0. The van der Waals surface area contributed by atoms with Gasteiger partial charge in [0.15, 0.2) is 4.32 Å². The fourth-order valence-corrected chi connectivity index (χ4v) is 3.09. The highest BCUT2D eigenvalue weighted by Crippen LogP contribution is 2.36. The Morgan fingerprint density at radius 1 is 1.30 bits per heavy atom. The second kappa shape index (κ2) is 5.22. The van der Waals surface area contributed by atoms with Crippen molar-refractivity contribution < 1.29 is 13.6 Å². The molecule has 1 aromatic heterocycles. The predicted molar refractivity (Wildman–Crippen MR) is 80.8 cm³/mol. The second-order valence-electron chi connectivity index (χ2n) is 4.01. The van der Waals surface area contributed by atoms with Crippen LogP contribution in [-0.2, 0) is 4.79 Å². The molecule has 1 amide bonds. The van der Waals surface area contributed by atoms with Gasteiger partial charge in [-0.2, -0.15) is 0 Å². The average molecular weight is 305 g/mol. The summed E-state index contributed by atoms with van der Waals surface area (Å²) >= 11 is 6.36. The first kappa shape index (κ1) is 13.1. The van der Waals surface area contributed by atoms with E-state index >= 15 is 0 Å². The van der Waals surface area contributed by atoms with Gasteiger partial charge in [0, 0.05) is 6.08 Å². The lowest BCUT2D eigenvalue weighted by atomic mass is 10.2. The lowest BCUT2D eigenvalue weighted by Gasteiger charge is -2.14. The van der Waals surface area contributed by atoms with Crippen LogP contribution in [0.25, 0.3) is 6.08 Å². The molecule has 0 radical (unpaired) electrons. The Morgan fingerprint density at radius 2 is 2.15 bits per heavy atom. The van der Waals surface area contributed by atoms with E-state index in [-0.39, 0.29) is 5.91 Å². The molecule has 0 aliphatic carbocycles. The van der Waals surface area contributed by atoms with Gasteiger partial charge in [0.2, 0.25) is 0 Å². The van der Waals surface area contributed by atoms with Crippen molar-refractivity contribution in [3.05, 3.63) is 59.1 Å². The summed E-state index contributed by atoms with van der Waals surface area (Å²) in [6, 6.07) is 9.26. The largest absolute Gasteiger partial charge is 0.465 e. The minimum Gasteiger partial charge on any atom is -0.465 e. The first-order valence-corrected chi connectivity index (χ1v) is 6.94. The van der Waals surface area contributed by atoms with Crippen molar-refractivity contribution in [1.29, 1.82) is 0 Å². The highest BCUT2D eigenvalue weighted by atomic mass is 32.2. The average Bonchev–Trinajstić information content (AvgIpc) is 2.99. The third kappa shape index (κ3) is 2.39. The molecule has 0 N–H and O–H groups in total. The number of halogens is 1. The molecule has 3 nitrogen and oxygen atoms in total. The van der Waals surface area contributed by atoms with Gasteiger partial charge in [-0.05, 0) is 30.3 Å². The summed E-state index contributed by atoms with van der Waals surface area (Å²) in [5.41, 5.74) is 0.426. The SMILES string of the molecule is O=C1/C(=C/c2ccco2)SC(=S)N1c1cccc(F)c1. The number of nitrogens with zero attached hydrogens (tertiary/aromatic N) is 1. The van der Waals surface area contributed by atoms with Gasteiger partial charge in [0.05, 0.1) is 16.9 Å². The number of benzene rings is 1. The fraction of sp³-hybridized carbons (Fsp3) is 0. The van der Waals surface area contributed by atoms with Crippen LogP contribution in [0.2, 0.25) is 0 Å². The smallest absolute Gasteiger partial charge is 0.270 e. The molecule has 0 atom stereocenters. The molecule has 0 unspecified atom stereocenters. The number of furan rings is 1. The van der Waals surface area contributed by atoms with Crippen LogP contribution >= 0.6 is 24.0 Å². The monoisotopic (exact) mass is 305 g/mol. The quantitative estimate of drug-likeness (QED) is 0.624. The Kier molecular flexibility index (Phi) is 3.42. The van der Waals surface area contributed by atoms with Crippen molar-refractivity contribution in [1.82, 2.24) is 0 Å². The summed E-state index contributed by atoms with van der Waals surface area (Å²) in [7, 11) is 0. The molecule has 0 saturated carbocycles. The molecule has 1 aliphatic rings. The molecule has 1 aliphatic heterocycles. The number of thiocarbonyl (C=S) groups is 1. The van der Waals surface area contributed by atoms with Crippen LogP contribution in [0, 0.1) is 5.82 Å². The van der Waals surface area contributed by atoms with Crippen molar-refractivity contribution in [3.63, 3.8) is 0 Å². The van der Waals surface area contributed by atoms with Crippen LogP contribution in [0.1, 0.15) is 5.76 Å². The van der Waals surface area contributed by atoms with Crippen LogP contribution in [-0.4, -0.2) is 10.2 Å². The highest BCUT2D eigenvalue weighted by molar-refractivity contribution is 8.27. The fourth-order valence-electron chi connectivity index (χ4n) is 1.81. The number of anilines is 1. The van der Waals surface area contributed by atoms with E-state index in [4.69, 9.17) is 16.6 Å². The molecule has 1 fully saturated rings. The van der Waals surface area contributed by atoms with E-state index in [9.17, 15) is 9.18 Å². The van der Waals surface area contributed by atoms with Crippen LogP contribution in [0.4, 0.5) is 10.1 Å². The highest BCUT2D eigenvalue weighted by Gasteiger charge is 2.33. The first-order valence-electron chi connectivity index (χ1n) is 5.72. The molecule has 1 aromatic carbocycles. The van der Waals surface area contributed by atoms with Gasteiger partial charge in [-0.15, -0.1) is 0 Å². The maximum Gasteiger partial charge on any atom is 0.270 e. The summed E-state index contributed by atoms with van der Waals surface area (Å²) in [4.78, 5) is 14.1. The van der Waals surface area contributed by atoms with E-state index in [1.54, 1.807) is 30.3 Å². The number of thioether (sulfide) groups is 1. The molecule has 0 bridgehead atoms. The summed E-state index contributed by atoms with van der Waals surface area (Å²) in [5, 5.41) is 0. The third-order valence-electron chi connectivity index (χ3n) is 2.68. The lowest BCUT2D eigenvalue weighted by Crippen LogP contribution is -2.27. The first-order chi connectivity index (χ1) is 9.65. The zero-order valence-electron chi connectivity index (χ0n) is 10.1. The minimum atomic E-state index is -0.411. The molecule has 1 saturated heterocycles. The minimum absolute atomic E-state index is 0.276. The van der Waals surface area contributed by atoms with Gasteiger partial charge in [-0.3, -0.25) is 9.69 Å². The molecule has 0 spiro atoms. The maximum absolute atomic E-state index is 13.3. The number of carbonyl (C=O) groups excluding carboxylic acids is 1. The standard InChI is InChI=1S/C14H8FNO2S2/c15-9-3-1-4-10(7-9)16-13(17)12(20-14(16)19)8-11-5-2-6-18-11/h1-8H/b12-8-. The van der Waals surface area contributed by atoms with Gasteiger partial charge in [0.25, 0.3) is 5.91 Å². The maximum atomic E-state index is 13.3. The Bertz CT molecular complexity index is 710.